The molecule has 0 aromatic carbocycles. The normalized spacial score (nSPS) is 14.6. The molecule has 0 aliphatic carbocycles. The van der Waals surface area contributed by atoms with Crippen molar-refractivity contribution in [3.8, 4) is 0 Å². The van der Waals surface area contributed by atoms with E-state index in [0.717, 1.165) is 0 Å². The molecule has 0 aromatic heterocycles. The standard InChI is InChI=1S/C7H12F3N/c1-5(2)6(11-3)4-7(8,9)10/h6,11H,1,4H2,2-3H3. The fourth-order valence-corrected chi connectivity index (χ4v) is 0.754. The Morgan fingerprint density at radius 1 is 1.55 bits per heavy atom. The molecule has 0 fully saturated rings. The highest BCUT2D eigenvalue weighted by atomic mass is 19.4. The van der Waals surface area contributed by atoms with Gasteiger partial charge in [0, 0.05) is 6.04 Å². The van der Waals surface area contributed by atoms with Crippen molar-refractivity contribution in [1.29, 1.82) is 0 Å². The first-order chi connectivity index (χ1) is 4.87. The van der Waals surface area contributed by atoms with Crippen molar-refractivity contribution < 1.29 is 13.2 Å². The van der Waals surface area contributed by atoms with Crippen molar-refractivity contribution in [2.45, 2.75) is 25.6 Å². The summed E-state index contributed by atoms with van der Waals surface area (Å²) < 4.78 is 35.3. The van der Waals surface area contributed by atoms with Gasteiger partial charge in [-0.2, -0.15) is 13.2 Å². The van der Waals surface area contributed by atoms with Gasteiger partial charge in [0.2, 0.25) is 0 Å². The maximum Gasteiger partial charge on any atom is 0.390 e. The Balaban J connectivity index is 3.99. The van der Waals surface area contributed by atoms with E-state index in [4.69, 9.17) is 0 Å². The van der Waals surface area contributed by atoms with Crippen molar-refractivity contribution in [1.82, 2.24) is 5.32 Å². The second kappa shape index (κ2) is 3.76. The second-order valence-electron chi connectivity index (χ2n) is 2.51. The average molecular weight is 167 g/mol. The van der Waals surface area contributed by atoms with Gasteiger partial charge in [0.25, 0.3) is 0 Å². The third kappa shape index (κ3) is 4.84. The summed E-state index contributed by atoms with van der Waals surface area (Å²) in [4.78, 5) is 0. The summed E-state index contributed by atoms with van der Waals surface area (Å²) in [5.74, 6) is 0. The van der Waals surface area contributed by atoms with Gasteiger partial charge in [-0.1, -0.05) is 12.2 Å². The molecule has 0 rings (SSSR count). The lowest BCUT2D eigenvalue weighted by atomic mass is 10.1. The van der Waals surface area contributed by atoms with Gasteiger partial charge in [0.15, 0.2) is 0 Å². The zero-order valence-electron chi connectivity index (χ0n) is 6.63. The Hall–Kier alpha value is -0.510. The van der Waals surface area contributed by atoms with E-state index >= 15 is 0 Å². The molecule has 0 aliphatic rings. The smallest absolute Gasteiger partial charge is 0.313 e. The summed E-state index contributed by atoms with van der Waals surface area (Å²) in [6.07, 6.45) is -4.97. The van der Waals surface area contributed by atoms with Crippen molar-refractivity contribution in [2.75, 3.05) is 7.05 Å². The number of rotatable bonds is 3. The van der Waals surface area contributed by atoms with Crippen molar-refractivity contribution in [3.63, 3.8) is 0 Å². The highest BCUT2D eigenvalue weighted by molar-refractivity contribution is 5.01. The third-order valence-electron chi connectivity index (χ3n) is 1.38. The van der Waals surface area contributed by atoms with Crippen LogP contribution in [0.2, 0.25) is 0 Å². The molecule has 0 aromatic rings. The number of alkyl halides is 3. The topological polar surface area (TPSA) is 12.0 Å². The first-order valence-corrected chi connectivity index (χ1v) is 3.26. The van der Waals surface area contributed by atoms with E-state index in [0.29, 0.717) is 5.57 Å². The van der Waals surface area contributed by atoms with Crippen LogP contribution in [0.5, 0.6) is 0 Å². The molecule has 4 heteroatoms. The molecule has 1 atom stereocenters. The lowest BCUT2D eigenvalue weighted by Crippen LogP contribution is -2.31. The van der Waals surface area contributed by atoms with Gasteiger partial charge in [-0.15, -0.1) is 0 Å². The van der Waals surface area contributed by atoms with E-state index in [1.54, 1.807) is 6.92 Å². The summed E-state index contributed by atoms with van der Waals surface area (Å²) in [5, 5.41) is 2.54. The molecule has 0 saturated heterocycles. The van der Waals surface area contributed by atoms with Gasteiger partial charge in [-0.25, -0.2) is 0 Å². The first kappa shape index (κ1) is 10.5. The van der Waals surface area contributed by atoms with Crippen molar-refractivity contribution >= 4 is 0 Å². The Kier molecular flexibility index (Phi) is 3.58. The maximum atomic E-state index is 11.8. The Bertz CT molecular complexity index is 139. The summed E-state index contributed by atoms with van der Waals surface area (Å²) in [5.41, 5.74) is 0.504. The highest BCUT2D eigenvalue weighted by Gasteiger charge is 2.31. The maximum absolute atomic E-state index is 11.8. The summed E-state index contributed by atoms with van der Waals surface area (Å²) >= 11 is 0. The minimum Gasteiger partial charge on any atom is -0.313 e. The zero-order valence-corrected chi connectivity index (χ0v) is 6.63. The fraction of sp³-hybridized carbons (Fsp3) is 0.714. The quantitative estimate of drug-likeness (QED) is 0.635. The molecule has 1 unspecified atom stereocenters. The van der Waals surface area contributed by atoms with E-state index in [2.05, 4.69) is 11.9 Å². The molecule has 0 radical (unpaired) electrons. The molecule has 66 valence electrons. The van der Waals surface area contributed by atoms with Crippen LogP contribution in [0.1, 0.15) is 13.3 Å². The second-order valence-corrected chi connectivity index (χ2v) is 2.51. The number of hydrogen-bond acceptors (Lipinski definition) is 1. The van der Waals surface area contributed by atoms with Crippen LogP contribution in [0.25, 0.3) is 0 Å². The Morgan fingerprint density at radius 3 is 2.09 bits per heavy atom. The van der Waals surface area contributed by atoms with Crippen molar-refractivity contribution in [3.05, 3.63) is 12.2 Å². The third-order valence-corrected chi connectivity index (χ3v) is 1.38. The molecule has 0 saturated carbocycles. The first-order valence-electron chi connectivity index (χ1n) is 3.26. The largest absolute Gasteiger partial charge is 0.390 e. The van der Waals surface area contributed by atoms with Gasteiger partial charge in [0.1, 0.15) is 0 Å². The fourth-order valence-electron chi connectivity index (χ4n) is 0.754. The average Bonchev–Trinajstić information content (AvgIpc) is 1.80. The minimum absolute atomic E-state index is 0.504. The molecule has 0 amide bonds. The highest BCUT2D eigenvalue weighted by Crippen LogP contribution is 2.23. The molecule has 1 nitrogen and oxygen atoms in total. The predicted octanol–water partition coefficient (Wildman–Crippen LogP) is 2.10. The Labute approximate surface area is 64.3 Å². The van der Waals surface area contributed by atoms with Crippen LogP contribution < -0.4 is 5.32 Å². The van der Waals surface area contributed by atoms with E-state index < -0.39 is 18.6 Å². The van der Waals surface area contributed by atoms with Crippen molar-refractivity contribution in [2.24, 2.45) is 0 Å². The summed E-state index contributed by atoms with van der Waals surface area (Å²) in [6, 6.07) is -0.657. The van der Waals surface area contributed by atoms with Gasteiger partial charge >= 0.3 is 6.18 Å². The van der Waals surface area contributed by atoms with E-state index in [1.165, 1.54) is 7.05 Å². The molecule has 0 bridgehead atoms. The van der Waals surface area contributed by atoms with Gasteiger partial charge in [-0.05, 0) is 14.0 Å². The molecule has 0 spiro atoms. The number of hydrogen-bond donors (Lipinski definition) is 1. The van der Waals surface area contributed by atoms with Crippen LogP contribution in [0, 0.1) is 0 Å². The predicted molar refractivity (Wildman–Crippen MR) is 38.3 cm³/mol. The molecule has 11 heavy (non-hydrogen) atoms. The lowest BCUT2D eigenvalue weighted by molar-refractivity contribution is -0.137. The van der Waals surface area contributed by atoms with E-state index in [-0.39, 0.29) is 0 Å². The minimum atomic E-state index is -4.12. The number of nitrogens with one attached hydrogen (secondary N) is 1. The monoisotopic (exact) mass is 167 g/mol. The lowest BCUT2D eigenvalue weighted by Gasteiger charge is -2.17. The summed E-state index contributed by atoms with van der Waals surface area (Å²) in [7, 11) is 1.49. The number of likely N-dealkylation sites (N-methyl/N-ethyl adjacent to an activating group) is 1. The molecular formula is C7H12F3N. The van der Waals surface area contributed by atoms with Crippen LogP contribution >= 0.6 is 0 Å². The van der Waals surface area contributed by atoms with Crippen LogP contribution in [0.15, 0.2) is 12.2 Å². The molecular weight excluding hydrogens is 155 g/mol. The van der Waals surface area contributed by atoms with Crippen LogP contribution in [0.3, 0.4) is 0 Å². The van der Waals surface area contributed by atoms with E-state index in [1.807, 2.05) is 0 Å². The van der Waals surface area contributed by atoms with Crippen LogP contribution in [-0.4, -0.2) is 19.3 Å². The Morgan fingerprint density at radius 2 is 2.00 bits per heavy atom. The van der Waals surface area contributed by atoms with Crippen LogP contribution in [-0.2, 0) is 0 Å². The molecule has 0 aliphatic heterocycles. The zero-order chi connectivity index (χ0) is 9.07. The SMILES string of the molecule is C=C(C)C(CC(F)(F)F)NC. The molecule has 0 heterocycles. The molecule has 1 N–H and O–H groups in total. The van der Waals surface area contributed by atoms with E-state index in [9.17, 15) is 13.2 Å². The summed E-state index contributed by atoms with van der Waals surface area (Å²) in [6.45, 7) is 5.02. The number of halogens is 3. The van der Waals surface area contributed by atoms with Gasteiger partial charge in [0.05, 0.1) is 6.42 Å². The van der Waals surface area contributed by atoms with Crippen LogP contribution in [0.4, 0.5) is 13.2 Å². The van der Waals surface area contributed by atoms with Gasteiger partial charge < -0.3 is 5.32 Å². The van der Waals surface area contributed by atoms with Gasteiger partial charge in [-0.3, -0.25) is 0 Å².